The Kier molecular flexibility index (Phi) is 6.10. The van der Waals surface area contributed by atoms with Crippen LogP contribution in [0.3, 0.4) is 0 Å². The molecule has 0 spiro atoms. The number of benzene rings is 2. The molecule has 1 aromatic heterocycles. The van der Waals surface area contributed by atoms with Crippen LogP contribution in [0.25, 0.3) is 10.2 Å². The first-order valence-electron chi connectivity index (χ1n) is 8.60. The highest BCUT2D eigenvalue weighted by Crippen LogP contribution is 2.27. The summed E-state index contributed by atoms with van der Waals surface area (Å²) in [5.41, 5.74) is 1.31. The molecule has 2 amide bonds. The van der Waals surface area contributed by atoms with Crippen LogP contribution in [0.15, 0.2) is 42.5 Å². The van der Waals surface area contributed by atoms with Crippen molar-refractivity contribution >= 4 is 33.4 Å². The summed E-state index contributed by atoms with van der Waals surface area (Å²) in [4.78, 5) is 30.8. The van der Waals surface area contributed by atoms with E-state index in [0.717, 1.165) is 15.2 Å². The van der Waals surface area contributed by atoms with Crippen molar-refractivity contribution in [1.29, 1.82) is 0 Å². The van der Waals surface area contributed by atoms with Crippen LogP contribution >= 0.6 is 11.3 Å². The molecule has 8 heteroatoms. The Hall–Kier alpha value is -3.13. The van der Waals surface area contributed by atoms with Gasteiger partial charge in [0.25, 0.3) is 5.91 Å². The molecule has 0 atom stereocenters. The number of methoxy groups -OCH3 is 2. The van der Waals surface area contributed by atoms with E-state index in [2.05, 4.69) is 10.3 Å². The van der Waals surface area contributed by atoms with Gasteiger partial charge in [0.15, 0.2) is 11.5 Å². The summed E-state index contributed by atoms with van der Waals surface area (Å²) in [6, 6.07) is 12.7. The second-order valence-electron chi connectivity index (χ2n) is 6.08. The maximum Gasteiger partial charge on any atom is 0.251 e. The van der Waals surface area contributed by atoms with Gasteiger partial charge in [-0.3, -0.25) is 9.59 Å². The lowest BCUT2D eigenvalue weighted by Crippen LogP contribution is -2.37. The van der Waals surface area contributed by atoms with Gasteiger partial charge in [0.1, 0.15) is 5.01 Å². The summed E-state index contributed by atoms with van der Waals surface area (Å²) in [5, 5.41) is 3.49. The number of hydrogen-bond acceptors (Lipinski definition) is 6. The lowest BCUT2D eigenvalue weighted by Gasteiger charge is -2.16. The number of nitrogens with zero attached hydrogens (tertiary/aromatic N) is 2. The quantitative estimate of drug-likeness (QED) is 0.661. The summed E-state index contributed by atoms with van der Waals surface area (Å²) in [5.74, 6) is 0.427. The molecule has 3 aromatic rings. The first kappa shape index (κ1) is 19.6. The fourth-order valence-electron chi connectivity index (χ4n) is 2.65. The minimum Gasteiger partial charge on any atom is -0.493 e. The van der Waals surface area contributed by atoms with Gasteiger partial charge < -0.3 is 19.7 Å². The van der Waals surface area contributed by atoms with Crippen LogP contribution in [0.4, 0.5) is 0 Å². The van der Waals surface area contributed by atoms with Gasteiger partial charge in [-0.2, -0.15) is 0 Å². The van der Waals surface area contributed by atoms with Crippen molar-refractivity contribution in [3.8, 4) is 11.5 Å². The third-order valence-electron chi connectivity index (χ3n) is 4.18. The number of aromatic nitrogens is 1. The number of ether oxygens (including phenoxy) is 2. The van der Waals surface area contributed by atoms with Crippen molar-refractivity contribution in [3.05, 3.63) is 53.0 Å². The molecule has 3 rings (SSSR count). The van der Waals surface area contributed by atoms with Gasteiger partial charge in [0.2, 0.25) is 5.91 Å². The second-order valence-corrected chi connectivity index (χ2v) is 7.19. The number of amides is 2. The van der Waals surface area contributed by atoms with Crippen molar-refractivity contribution in [2.24, 2.45) is 0 Å². The van der Waals surface area contributed by atoms with Crippen molar-refractivity contribution < 1.29 is 19.1 Å². The predicted molar refractivity (Wildman–Crippen MR) is 108 cm³/mol. The topological polar surface area (TPSA) is 80.8 Å². The number of likely N-dealkylation sites (N-methyl/N-ethyl adjacent to an activating group) is 1. The van der Waals surface area contributed by atoms with E-state index in [1.54, 1.807) is 41.5 Å². The Balaban J connectivity index is 1.57. The lowest BCUT2D eigenvalue weighted by atomic mass is 10.2. The SMILES string of the molecule is COc1ccc(C(=O)NCC(=O)N(C)Cc2nc3ccccc3s2)cc1OC. The smallest absolute Gasteiger partial charge is 0.251 e. The number of carbonyl (C=O) groups excluding carboxylic acids is 2. The zero-order valence-electron chi connectivity index (χ0n) is 15.9. The summed E-state index contributed by atoms with van der Waals surface area (Å²) in [6.07, 6.45) is 0. The average molecular weight is 399 g/mol. The molecule has 28 heavy (non-hydrogen) atoms. The monoisotopic (exact) mass is 399 g/mol. The van der Waals surface area contributed by atoms with E-state index in [1.165, 1.54) is 14.2 Å². The Morgan fingerprint density at radius 3 is 2.57 bits per heavy atom. The minimum absolute atomic E-state index is 0.103. The summed E-state index contributed by atoms with van der Waals surface area (Å²) < 4.78 is 11.4. The molecule has 0 aliphatic rings. The largest absolute Gasteiger partial charge is 0.493 e. The van der Waals surface area contributed by atoms with E-state index in [0.29, 0.717) is 23.6 Å². The fraction of sp³-hybridized carbons (Fsp3) is 0.250. The van der Waals surface area contributed by atoms with Crippen LogP contribution in [0.5, 0.6) is 11.5 Å². The molecule has 0 radical (unpaired) electrons. The zero-order valence-corrected chi connectivity index (χ0v) is 16.7. The number of thiazole rings is 1. The Labute approximate surface area is 166 Å². The molecule has 0 saturated heterocycles. The number of rotatable bonds is 7. The zero-order chi connectivity index (χ0) is 20.1. The fourth-order valence-corrected chi connectivity index (χ4v) is 3.67. The predicted octanol–water partition coefficient (Wildman–Crippen LogP) is 2.70. The molecule has 146 valence electrons. The number of carbonyl (C=O) groups is 2. The molecule has 1 heterocycles. The Bertz CT molecular complexity index is 969. The maximum atomic E-state index is 12.4. The van der Waals surface area contributed by atoms with Gasteiger partial charge in [-0.25, -0.2) is 4.98 Å². The molecule has 1 N–H and O–H groups in total. The van der Waals surface area contributed by atoms with E-state index < -0.39 is 0 Å². The van der Waals surface area contributed by atoms with Gasteiger partial charge in [-0.15, -0.1) is 11.3 Å². The third-order valence-corrected chi connectivity index (χ3v) is 5.20. The van der Waals surface area contributed by atoms with Gasteiger partial charge in [0.05, 0.1) is 37.5 Å². The van der Waals surface area contributed by atoms with E-state index >= 15 is 0 Å². The molecule has 2 aromatic carbocycles. The van der Waals surface area contributed by atoms with Gasteiger partial charge in [-0.1, -0.05) is 12.1 Å². The van der Waals surface area contributed by atoms with Crippen LogP contribution in [0.2, 0.25) is 0 Å². The molecule has 7 nitrogen and oxygen atoms in total. The average Bonchev–Trinajstić information content (AvgIpc) is 3.13. The Morgan fingerprint density at radius 2 is 1.86 bits per heavy atom. The summed E-state index contributed by atoms with van der Waals surface area (Å²) in [7, 11) is 4.72. The Morgan fingerprint density at radius 1 is 1.11 bits per heavy atom. The third kappa shape index (κ3) is 4.40. The highest BCUT2D eigenvalue weighted by Gasteiger charge is 2.15. The van der Waals surface area contributed by atoms with Crippen molar-refractivity contribution in [1.82, 2.24) is 15.2 Å². The molecule has 0 aliphatic heterocycles. The normalized spacial score (nSPS) is 10.5. The van der Waals surface area contributed by atoms with Gasteiger partial charge in [-0.05, 0) is 30.3 Å². The standard InChI is InChI=1S/C20H21N3O4S/c1-23(12-18-22-14-6-4-5-7-17(14)28-18)19(24)11-21-20(25)13-8-9-15(26-2)16(10-13)27-3/h4-10H,11-12H2,1-3H3,(H,21,25). The van der Waals surface area contributed by atoms with Crippen LogP contribution in [-0.4, -0.2) is 49.5 Å². The van der Waals surface area contributed by atoms with E-state index in [9.17, 15) is 9.59 Å². The molecule has 0 bridgehead atoms. The number of para-hydroxylation sites is 1. The van der Waals surface area contributed by atoms with Crippen molar-refractivity contribution in [2.75, 3.05) is 27.8 Å². The van der Waals surface area contributed by atoms with E-state index in [1.807, 2.05) is 24.3 Å². The molecule has 0 unspecified atom stereocenters. The highest BCUT2D eigenvalue weighted by atomic mass is 32.1. The van der Waals surface area contributed by atoms with Crippen LogP contribution in [-0.2, 0) is 11.3 Å². The van der Waals surface area contributed by atoms with E-state index in [4.69, 9.17) is 9.47 Å². The number of fused-ring (bicyclic) bond motifs is 1. The lowest BCUT2D eigenvalue weighted by molar-refractivity contribution is -0.129. The highest BCUT2D eigenvalue weighted by molar-refractivity contribution is 7.18. The maximum absolute atomic E-state index is 12.4. The van der Waals surface area contributed by atoms with Crippen molar-refractivity contribution in [3.63, 3.8) is 0 Å². The summed E-state index contributed by atoms with van der Waals surface area (Å²) in [6.45, 7) is 0.291. The van der Waals surface area contributed by atoms with Crippen LogP contribution in [0, 0.1) is 0 Å². The molecular weight excluding hydrogens is 378 g/mol. The van der Waals surface area contributed by atoms with Gasteiger partial charge >= 0.3 is 0 Å². The first-order valence-corrected chi connectivity index (χ1v) is 9.42. The molecule has 0 aliphatic carbocycles. The van der Waals surface area contributed by atoms with E-state index in [-0.39, 0.29) is 18.4 Å². The second kappa shape index (κ2) is 8.71. The molecule has 0 saturated carbocycles. The number of nitrogens with one attached hydrogen (secondary N) is 1. The van der Waals surface area contributed by atoms with Crippen LogP contribution in [0.1, 0.15) is 15.4 Å². The number of hydrogen-bond donors (Lipinski definition) is 1. The van der Waals surface area contributed by atoms with Gasteiger partial charge in [0, 0.05) is 12.6 Å². The first-order chi connectivity index (χ1) is 13.5. The summed E-state index contributed by atoms with van der Waals surface area (Å²) >= 11 is 1.55. The molecular formula is C20H21N3O4S. The van der Waals surface area contributed by atoms with Crippen molar-refractivity contribution in [2.45, 2.75) is 6.54 Å². The van der Waals surface area contributed by atoms with Crippen LogP contribution < -0.4 is 14.8 Å². The molecule has 0 fully saturated rings. The minimum atomic E-state index is -0.359.